The fraction of sp³-hybridized carbons (Fsp3) is 0.467. The molecule has 1 aliphatic heterocycles. The Labute approximate surface area is 174 Å². The molecule has 2 atom stereocenters. The molecule has 0 spiro atoms. The molecule has 4 nitrogen and oxygen atoms in total. The summed E-state index contributed by atoms with van der Waals surface area (Å²) in [5, 5.41) is 0.717. The predicted molar refractivity (Wildman–Crippen MR) is 103 cm³/mol. The fourth-order valence-corrected chi connectivity index (χ4v) is 4.51. The normalized spacial score (nSPS) is 27.6. The van der Waals surface area contributed by atoms with Crippen molar-refractivity contribution in [1.82, 2.24) is 4.90 Å². The van der Waals surface area contributed by atoms with Gasteiger partial charge in [-0.15, -0.1) is 11.6 Å². The Bertz CT molecular complexity index is 747. The number of benzene rings is 1. The van der Waals surface area contributed by atoms with E-state index in [9.17, 15) is 9.59 Å². The first-order valence-electron chi connectivity index (χ1n) is 7.29. The Morgan fingerprint density at radius 2 is 1.72 bits per heavy atom. The number of hydrogen-bond donors (Lipinski definition) is 0. The molecule has 1 saturated carbocycles. The molecule has 2 aliphatic rings. The van der Waals surface area contributed by atoms with E-state index in [2.05, 4.69) is 0 Å². The maximum absolute atomic E-state index is 12.8. The highest BCUT2D eigenvalue weighted by molar-refractivity contribution is 6.62. The van der Waals surface area contributed by atoms with Crippen molar-refractivity contribution in [1.29, 1.82) is 0 Å². The lowest BCUT2D eigenvalue weighted by atomic mass is 10.2. The lowest BCUT2D eigenvalue weighted by Gasteiger charge is -2.26. The zero-order chi connectivity index (χ0) is 18.7. The SMILES string of the molecule is CN(C(=O)C1(Cl)CC1(Cl)Cl)C1CCN(c2cc(Cl)c(Cl)c(Cl)c2)C1=O. The third kappa shape index (κ3) is 3.19. The van der Waals surface area contributed by atoms with Gasteiger partial charge in [-0.25, -0.2) is 0 Å². The molecule has 1 saturated heterocycles. The highest BCUT2D eigenvalue weighted by Crippen LogP contribution is 2.62. The number of carbonyl (C=O) groups is 2. The van der Waals surface area contributed by atoms with E-state index in [0.717, 1.165) is 0 Å². The van der Waals surface area contributed by atoms with Crippen LogP contribution < -0.4 is 4.90 Å². The van der Waals surface area contributed by atoms with E-state index < -0.39 is 21.2 Å². The van der Waals surface area contributed by atoms with Crippen LogP contribution in [-0.4, -0.2) is 45.6 Å². The standard InChI is InChI=1S/C15H12Cl6N2O2/c1-22(13(25)14(19)6-15(14,20)21)10-2-3-23(12(10)24)7-4-8(16)11(18)9(17)5-7/h4-5,10H,2-3,6H2,1H3. The molecule has 2 amide bonds. The Hall–Kier alpha value is -0.100. The number of alkyl halides is 3. The second kappa shape index (κ2) is 6.50. The van der Waals surface area contributed by atoms with Gasteiger partial charge in [0.2, 0.25) is 11.8 Å². The molecule has 0 radical (unpaired) electrons. The molecule has 10 heteroatoms. The Kier molecular flexibility index (Phi) is 5.11. The van der Waals surface area contributed by atoms with Crippen molar-refractivity contribution in [3.8, 4) is 0 Å². The first-order valence-corrected chi connectivity index (χ1v) is 9.56. The van der Waals surface area contributed by atoms with Crippen LogP contribution >= 0.6 is 69.6 Å². The number of hydrogen-bond acceptors (Lipinski definition) is 2. The first-order chi connectivity index (χ1) is 11.5. The lowest BCUT2D eigenvalue weighted by Crippen LogP contribution is -2.47. The maximum atomic E-state index is 12.8. The minimum absolute atomic E-state index is 0.140. The number of likely N-dealkylation sites (N-methyl/N-ethyl adjacent to an activating group) is 1. The summed E-state index contributed by atoms with van der Waals surface area (Å²) in [5.74, 6) is -0.729. The monoisotopic (exact) mass is 462 g/mol. The molecule has 3 rings (SSSR count). The average Bonchev–Trinajstić information content (AvgIpc) is 2.87. The molecular formula is C15H12Cl6N2O2. The summed E-state index contributed by atoms with van der Waals surface area (Å²) in [6.45, 7) is 0.400. The highest BCUT2D eigenvalue weighted by atomic mass is 35.5. The van der Waals surface area contributed by atoms with Gasteiger partial charge in [-0.1, -0.05) is 58.0 Å². The molecule has 0 N–H and O–H groups in total. The van der Waals surface area contributed by atoms with Gasteiger partial charge in [-0.05, 0) is 18.6 Å². The van der Waals surface area contributed by atoms with E-state index in [-0.39, 0.29) is 27.4 Å². The molecule has 1 heterocycles. The van der Waals surface area contributed by atoms with E-state index >= 15 is 0 Å². The molecule has 0 aromatic heterocycles. The van der Waals surface area contributed by atoms with Crippen LogP contribution in [0.1, 0.15) is 12.8 Å². The van der Waals surface area contributed by atoms with Crippen molar-refractivity contribution < 1.29 is 9.59 Å². The van der Waals surface area contributed by atoms with Gasteiger partial charge in [-0.3, -0.25) is 9.59 Å². The van der Waals surface area contributed by atoms with Crippen molar-refractivity contribution in [3.05, 3.63) is 27.2 Å². The van der Waals surface area contributed by atoms with Gasteiger partial charge in [0, 0.05) is 25.7 Å². The third-order valence-electron chi connectivity index (χ3n) is 4.50. The molecule has 1 aromatic rings. The van der Waals surface area contributed by atoms with Gasteiger partial charge in [0.25, 0.3) is 0 Å². The van der Waals surface area contributed by atoms with Crippen LogP contribution in [0.15, 0.2) is 12.1 Å². The number of rotatable bonds is 3. The number of amides is 2. The van der Waals surface area contributed by atoms with E-state index in [0.29, 0.717) is 18.7 Å². The molecule has 25 heavy (non-hydrogen) atoms. The molecular weight excluding hydrogens is 453 g/mol. The molecule has 0 bridgehead atoms. The Morgan fingerprint density at radius 1 is 1.20 bits per heavy atom. The van der Waals surface area contributed by atoms with Crippen LogP contribution in [0.3, 0.4) is 0 Å². The summed E-state index contributed by atoms with van der Waals surface area (Å²) < 4.78 is -1.31. The van der Waals surface area contributed by atoms with E-state index in [1.54, 1.807) is 12.1 Å². The Morgan fingerprint density at radius 3 is 2.20 bits per heavy atom. The number of carbonyl (C=O) groups excluding carboxylic acids is 2. The number of halogens is 6. The topological polar surface area (TPSA) is 40.6 Å². The van der Waals surface area contributed by atoms with Crippen LogP contribution in [0, 0.1) is 0 Å². The number of anilines is 1. The summed E-state index contributed by atoms with van der Waals surface area (Å²) in [6, 6.07) is 2.45. The summed E-state index contributed by atoms with van der Waals surface area (Å²) in [5.41, 5.74) is 0.517. The molecule has 1 aliphatic carbocycles. The largest absolute Gasteiger partial charge is 0.332 e. The van der Waals surface area contributed by atoms with Gasteiger partial charge >= 0.3 is 0 Å². The van der Waals surface area contributed by atoms with Crippen LogP contribution in [-0.2, 0) is 9.59 Å². The minimum Gasteiger partial charge on any atom is -0.332 e. The quantitative estimate of drug-likeness (QED) is 0.477. The molecule has 1 aromatic carbocycles. The van der Waals surface area contributed by atoms with Crippen molar-refractivity contribution >= 4 is 87.1 Å². The van der Waals surface area contributed by atoms with E-state index in [4.69, 9.17) is 69.6 Å². The predicted octanol–water partition coefficient (Wildman–Crippen LogP) is 4.77. The van der Waals surface area contributed by atoms with Gasteiger partial charge in [0.1, 0.15) is 10.4 Å². The lowest BCUT2D eigenvalue weighted by molar-refractivity contribution is -0.137. The third-order valence-corrected chi connectivity index (χ3v) is 7.43. The van der Waals surface area contributed by atoms with Crippen molar-refractivity contribution in [2.45, 2.75) is 28.1 Å². The Balaban J connectivity index is 1.79. The molecule has 136 valence electrons. The van der Waals surface area contributed by atoms with Crippen molar-refractivity contribution in [3.63, 3.8) is 0 Å². The van der Waals surface area contributed by atoms with Crippen LogP contribution in [0.25, 0.3) is 0 Å². The van der Waals surface area contributed by atoms with Crippen molar-refractivity contribution in [2.24, 2.45) is 0 Å². The van der Waals surface area contributed by atoms with Gasteiger partial charge in [0.15, 0.2) is 4.87 Å². The second-order valence-electron chi connectivity index (χ2n) is 6.12. The van der Waals surface area contributed by atoms with Crippen LogP contribution in [0.5, 0.6) is 0 Å². The smallest absolute Gasteiger partial charge is 0.249 e. The zero-order valence-corrected chi connectivity index (χ0v) is 17.4. The van der Waals surface area contributed by atoms with Gasteiger partial charge < -0.3 is 9.80 Å². The summed E-state index contributed by atoms with van der Waals surface area (Å²) in [7, 11) is 1.52. The summed E-state index contributed by atoms with van der Waals surface area (Å²) >= 11 is 36.1. The average molecular weight is 465 g/mol. The summed E-state index contributed by atoms with van der Waals surface area (Å²) in [6.07, 6.45) is 0.574. The van der Waals surface area contributed by atoms with Gasteiger partial charge in [-0.2, -0.15) is 0 Å². The second-order valence-corrected chi connectivity index (χ2v) is 9.44. The molecule has 2 unspecified atom stereocenters. The van der Waals surface area contributed by atoms with E-state index in [1.807, 2.05) is 0 Å². The highest BCUT2D eigenvalue weighted by Gasteiger charge is 2.72. The van der Waals surface area contributed by atoms with Crippen LogP contribution in [0.4, 0.5) is 5.69 Å². The molecule has 2 fully saturated rings. The minimum atomic E-state index is -1.38. The van der Waals surface area contributed by atoms with Crippen LogP contribution in [0.2, 0.25) is 15.1 Å². The van der Waals surface area contributed by atoms with E-state index in [1.165, 1.54) is 16.8 Å². The van der Waals surface area contributed by atoms with Crippen molar-refractivity contribution in [2.75, 3.05) is 18.5 Å². The number of nitrogens with zero attached hydrogens (tertiary/aromatic N) is 2. The first kappa shape index (κ1) is 19.7. The fourth-order valence-electron chi connectivity index (χ4n) is 2.89. The maximum Gasteiger partial charge on any atom is 0.249 e. The zero-order valence-electron chi connectivity index (χ0n) is 12.8. The summed E-state index contributed by atoms with van der Waals surface area (Å²) in [4.78, 5) is 26.8. The van der Waals surface area contributed by atoms with Gasteiger partial charge in [0.05, 0.1) is 15.1 Å².